The van der Waals surface area contributed by atoms with Crippen LogP contribution in [0.15, 0.2) is 36.4 Å². The molecule has 0 unspecified atom stereocenters. The predicted octanol–water partition coefficient (Wildman–Crippen LogP) is 3.36. The van der Waals surface area contributed by atoms with Gasteiger partial charge in [0.05, 0.1) is 12.9 Å². The van der Waals surface area contributed by atoms with Crippen LogP contribution in [0.5, 0.6) is 0 Å². The van der Waals surface area contributed by atoms with Crippen molar-refractivity contribution >= 4 is 0 Å². The summed E-state index contributed by atoms with van der Waals surface area (Å²) in [6.07, 6.45) is 5.96. The molecule has 0 atom stereocenters. The van der Waals surface area contributed by atoms with Crippen LogP contribution in [0.1, 0.15) is 19.8 Å². The van der Waals surface area contributed by atoms with Crippen molar-refractivity contribution in [2.75, 3.05) is 7.11 Å². The maximum atomic E-state index is 12.5. The third kappa shape index (κ3) is 4.72. The number of hydrogen-bond donors (Lipinski definition) is 0. The van der Waals surface area contributed by atoms with Gasteiger partial charge in [-0.15, -0.1) is 0 Å². The van der Waals surface area contributed by atoms with E-state index in [0.29, 0.717) is 0 Å². The van der Waals surface area contributed by atoms with Gasteiger partial charge in [-0.25, -0.2) is 4.39 Å². The van der Waals surface area contributed by atoms with Crippen LogP contribution in [0.3, 0.4) is 0 Å². The average Bonchev–Trinajstić information content (AvgIpc) is 2.11. The Morgan fingerprint density at radius 3 is 2.58 bits per heavy atom. The van der Waals surface area contributed by atoms with Crippen molar-refractivity contribution in [1.29, 1.82) is 0 Å². The molecule has 0 amide bonds. The van der Waals surface area contributed by atoms with Crippen molar-refractivity contribution in [3.8, 4) is 0 Å². The molecule has 0 aromatic rings. The van der Waals surface area contributed by atoms with Crippen LogP contribution in [0.4, 0.5) is 4.39 Å². The van der Waals surface area contributed by atoms with Crippen LogP contribution >= 0.6 is 0 Å². The third-order valence-electron chi connectivity index (χ3n) is 1.38. The van der Waals surface area contributed by atoms with Gasteiger partial charge in [-0.2, -0.15) is 0 Å². The maximum absolute atomic E-state index is 12.5. The van der Waals surface area contributed by atoms with Gasteiger partial charge in [0.2, 0.25) is 0 Å². The summed E-state index contributed by atoms with van der Waals surface area (Å²) < 4.78 is 17.5. The molecule has 0 radical (unpaired) electrons. The fourth-order valence-corrected chi connectivity index (χ4v) is 0.740. The molecule has 68 valence electrons. The SMILES string of the molecule is C=C/C(F)=C\C=C(/CCC)OC. The minimum absolute atomic E-state index is 0.347. The lowest BCUT2D eigenvalue weighted by Gasteiger charge is -2.01. The highest BCUT2D eigenvalue weighted by Gasteiger charge is 1.91. The zero-order chi connectivity index (χ0) is 9.40. The van der Waals surface area contributed by atoms with E-state index in [1.165, 1.54) is 6.08 Å². The Hall–Kier alpha value is -1.05. The quantitative estimate of drug-likeness (QED) is 0.454. The minimum Gasteiger partial charge on any atom is -0.501 e. The highest BCUT2D eigenvalue weighted by atomic mass is 19.1. The maximum Gasteiger partial charge on any atom is 0.122 e. The van der Waals surface area contributed by atoms with Gasteiger partial charge in [0, 0.05) is 6.42 Å². The Balaban J connectivity index is 4.18. The molecule has 0 saturated carbocycles. The number of allylic oxidation sites excluding steroid dienone is 5. The third-order valence-corrected chi connectivity index (χ3v) is 1.38. The van der Waals surface area contributed by atoms with Crippen molar-refractivity contribution in [1.82, 2.24) is 0 Å². The molecule has 0 bridgehead atoms. The van der Waals surface area contributed by atoms with Crippen LogP contribution in [0.25, 0.3) is 0 Å². The van der Waals surface area contributed by atoms with E-state index in [1.807, 2.05) is 6.92 Å². The molecule has 0 aliphatic rings. The first-order chi connectivity index (χ1) is 5.74. The smallest absolute Gasteiger partial charge is 0.122 e. The summed E-state index contributed by atoms with van der Waals surface area (Å²) in [5, 5.41) is 0. The van der Waals surface area contributed by atoms with Crippen LogP contribution in [-0.4, -0.2) is 7.11 Å². The summed E-state index contributed by atoms with van der Waals surface area (Å²) in [6, 6.07) is 0. The Bertz CT molecular complexity index is 192. The Morgan fingerprint density at radius 2 is 2.17 bits per heavy atom. The largest absolute Gasteiger partial charge is 0.501 e. The van der Waals surface area contributed by atoms with E-state index < -0.39 is 0 Å². The summed E-state index contributed by atoms with van der Waals surface area (Å²) in [5.41, 5.74) is 0. The number of methoxy groups -OCH3 is 1. The molecule has 0 heterocycles. The van der Waals surface area contributed by atoms with E-state index in [1.54, 1.807) is 13.2 Å². The van der Waals surface area contributed by atoms with Crippen LogP contribution in [0, 0.1) is 0 Å². The van der Waals surface area contributed by atoms with Gasteiger partial charge >= 0.3 is 0 Å². The van der Waals surface area contributed by atoms with Gasteiger partial charge in [-0.3, -0.25) is 0 Å². The average molecular weight is 170 g/mol. The van der Waals surface area contributed by atoms with Gasteiger partial charge in [-0.1, -0.05) is 13.5 Å². The molecule has 0 saturated heterocycles. The molecule has 0 spiro atoms. The summed E-state index contributed by atoms with van der Waals surface area (Å²) in [4.78, 5) is 0. The van der Waals surface area contributed by atoms with Crippen LogP contribution in [-0.2, 0) is 4.74 Å². The molecule has 0 aromatic heterocycles. The predicted molar refractivity (Wildman–Crippen MR) is 49.4 cm³/mol. The lowest BCUT2D eigenvalue weighted by atomic mass is 10.2. The van der Waals surface area contributed by atoms with Crippen molar-refractivity contribution in [3.63, 3.8) is 0 Å². The summed E-state index contributed by atoms with van der Waals surface area (Å²) in [7, 11) is 1.58. The van der Waals surface area contributed by atoms with E-state index in [9.17, 15) is 4.39 Å². The van der Waals surface area contributed by atoms with Gasteiger partial charge < -0.3 is 4.74 Å². The number of ether oxygens (including phenoxy) is 1. The molecule has 0 aromatic carbocycles. The van der Waals surface area contributed by atoms with Gasteiger partial charge in [0.15, 0.2) is 0 Å². The van der Waals surface area contributed by atoms with Crippen molar-refractivity contribution < 1.29 is 9.13 Å². The van der Waals surface area contributed by atoms with E-state index in [2.05, 4.69) is 6.58 Å². The van der Waals surface area contributed by atoms with Crippen molar-refractivity contribution in [3.05, 3.63) is 36.4 Å². The Morgan fingerprint density at radius 1 is 1.50 bits per heavy atom. The van der Waals surface area contributed by atoms with Crippen LogP contribution in [0.2, 0.25) is 0 Å². The second kappa shape index (κ2) is 6.65. The standard InChI is InChI=1S/C10H15FO/c1-4-6-10(12-3)8-7-9(11)5-2/h5,7-8H,2,4,6H2,1,3H3/b9-7+,10-8+. The monoisotopic (exact) mass is 170 g/mol. The molecule has 12 heavy (non-hydrogen) atoms. The van der Waals surface area contributed by atoms with E-state index in [0.717, 1.165) is 24.7 Å². The molecule has 0 N–H and O–H groups in total. The zero-order valence-corrected chi connectivity index (χ0v) is 7.64. The molecular formula is C10H15FO. The second-order valence-electron chi connectivity index (χ2n) is 2.34. The summed E-state index contributed by atoms with van der Waals surface area (Å²) in [5.74, 6) is 0.440. The number of hydrogen-bond acceptors (Lipinski definition) is 1. The Kier molecular flexibility index (Phi) is 6.07. The summed E-state index contributed by atoms with van der Waals surface area (Å²) >= 11 is 0. The van der Waals surface area contributed by atoms with E-state index in [-0.39, 0.29) is 5.83 Å². The van der Waals surface area contributed by atoms with Crippen molar-refractivity contribution in [2.45, 2.75) is 19.8 Å². The highest BCUT2D eigenvalue weighted by Crippen LogP contribution is 2.07. The number of rotatable bonds is 5. The molecule has 0 rings (SSSR count). The lowest BCUT2D eigenvalue weighted by molar-refractivity contribution is 0.276. The fraction of sp³-hybridized carbons (Fsp3) is 0.400. The normalized spacial score (nSPS) is 12.9. The zero-order valence-electron chi connectivity index (χ0n) is 7.64. The second-order valence-corrected chi connectivity index (χ2v) is 2.34. The summed E-state index contributed by atoms with van der Waals surface area (Å²) in [6.45, 7) is 5.34. The molecule has 0 fully saturated rings. The first kappa shape index (κ1) is 11.0. The van der Waals surface area contributed by atoms with Gasteiger partial charge in [0.25, 0.3) is 0 Å². The lowest BCUT2D eigenvalue weighted by Crippen LogP contribution is -1.84. The van der Waals surface area contributed by atoms with Crippen LogP contribution < -0.4 is 0 Å². The molecule has 1 nitrogen and oxygen atoms in total. The van der Waals surface area contributed by atoms with Gasteiger partial charge in [0.1, 0.15) is 5.83 Å². The molecule has 2 heteroatoms. The Labute approximate surface area is 73.2 Å². The molecule has 0 aliphatic carbocycles. The first-order valence-corrected chi connectivity index (χ1v) is 3.97. The van der Waals surface area contributed by atoms with Gasteiger partial charge in [-0.05, 0) is 24.6 Å². The van der Waals surface area contributed by atoms with E-state index in [4.69, 9.17) is 4.74 Å². The molecule has 0 aliphatic heterocycles. The minimum atomic E-state index is -0.347. The topological polar surface area (TPSA) is 9.23 Å². The highest BCUT2D eigenvalue weighted by molar-refractivity contribution is 5.17. The van der Waals surface area contributed by atoms with E-state index >= 15 is 0 Å². The first-order valence-electron chi connectivity index (χ1n) is 3.97. The number of halogens is 1. The fourth-order valence-electron chi connectivity index (χ4n) is 0.740. The van der Waals surface area contributed by atoms with Crippen molar-refractivity contribution in [2.24, 2.45) is 0 Å². The molecular weight excluding hydrogens is 155 g/mol.